The lowest BCUT2D eigenvalue weighted by Gasteiger charge is -2.18. The normalized spacial score (nSPS) is 20.6. The fourth-order valence-corrected chi connectivity index (χ4v) is 3.39. The Balaban J connectivity index is 1.32. The Morgan fingerprint density at radius 3 is 2.81 bits per heavy atom. The Labute approximate surface area is 155 Å². The predicted octanol–water partition coefficient (Wildman–Crippen LogP) is 3.94. The molecule has 1 N–H and O–H groups in total. The summed E-state index contributed by atoms with van der Waals surface area (Å²) in [6, 6.07) is 8.31. The number of benzene rings is 1. The van der Waals surface area contributed by atoms with Crippen LogP contribution in [-0.4, -0.2) is 40.4 Å². The van der Waals surface area contributed by atoms with Crippen LogP contribution < -0.4 is 10.1 Å². The van der Waals surface area contributed by atoms with Gasteiger partial charge in [0.1, 0.15) is 17.4 Å². The van der Waals surface area contributed by atoms with Crippen LogP contribution in [0, 0.1) is 0 Å². The molecule has 0 radical (unpaired) electrons. The summed E-state index contributed by atoms with van der Waals surface area (Å²) in [6.07, 6.45) is 0.414. The molecule has 8 heteroatoms. The molecule has 1 aliphatic carbocycles. The minimum atomic E-state index is -4.67. The Morgan fingerprint density at radius 2 is 2.04 bits per heavy atom. The van der Waals surface area contributed by atoms with E-state index in [1.165, 1.54) is 12.1 Å². The molecule has 1 saturated carbocycles. The molecule has 5 nitrogen and oxygen atoms in total. The van der Waals surface area contributed by atoms with Gasteiger partial charge in [0, 0.05) is 37.8 Å². The van der Waals surface area contributed by atoms with Crippen LogP contribution in [0.5, 0.6) is 5.75 Å². The molecule has 27 heavy (non-hydrogen) atoms. The molecule has 2 fully saturated rings. The number of nitrogens with one attached hydrogen (secondary N) is 1. The molecule has 1 aromatic carbocycles. The van der Waals surface area contributed by atoms with Crippen molar-refractivity contribution in [2.45, 2.75) is 44.1 Å². The number of halogens is 3. The van der Waals surface area contributed by atoms with Crippen molar-refractivity contribution in [1.29, 1.82) is 0 Å². The van der Waals surface area contributed by atoms with Crippen molar-refractivity contribution in [2.24, 2.45) is 0 Å². The Kier molecular flexibility index (Phi) is 4.90. The Hall–Kier alpha value is -2.35. The topological polar surface area (TPSA) is 50.3 Å². The zero-order valence-electron chi connectivity index (χ0n) is 14.7. The van der Waals surface area contributed by atoms with E-state index in [4.69, 9.17) is 0 Å². The van der Waals surface area contributed by atoms with Crippen molar-refractivity contribution in [3.05, 3.63) is 47.9 Å². The van der Waals surface area contributed by atoms with E-state index >= 15 is 0 Å². The molecular formula is C19H21F3N4O. The first-order chi connectivity index (χ1) is 12.9. The van der Waals surface area contributed by atoms with Crippen LogP contribution in [0.25, 0.3) is 0 Å². The molecule has 4 rings (SSSR count). The van der Waals surface area contributed by atoms with Gasteiger partial charge in [-0.3, -0.25) is 4.90 Å². The van der Waals surface area contributed by atoms with E-state index in [1.54, 1.807) is 12.3 Å². The average Bonchev–Trinajstić information content (AvgIpc) is 3.36. The maximum absolute atomic E-state index is 12.4. The van der Waals surface area contributed by atoms with E-state index in [0.717, 1.165) is 49.6 Å². The second-order valence-corrected chi connectivity index (χ2v) is 7.13. The summed E-state index contributed by atoms with van der Waals surface area (Å²) in [6.45, 7) is 2.28. The Morgan fingerprint density at radius 1 is 1.19 bits per heavy atom. The van der Waals surface area contributed by atoms with Crippen molar-refractivity contribution in [1.82, 2.24) is 14.9 Å². The number of aromatic nitrogens is 2. The van der Waals surface area contributed by atoms with E-state index in [9.17, 15) is 13.2 Å². The monoisotopic (exact) mass is 378 g/mol. The van der Waals surface area contributed by atoms with E-state index < -0.39 is 6.36 Å². The van der Waals surface area contributed by atoms with E-state index in [-0.39, 0.29) is 11.8 Å². The minimum Gasteiger partial charge on any atom is -0.406 e. The van der Waals surface area contributed by atoms with Crippen LogP contribution in [0.15, 0.2) is 36.5 Å². The first-order valence-electron chi connectivity index (χ1n) is 9.11. The van der Waals surface area contributed by atoms with Crippen molar-refractivity contribution < 1.29 is 17.9 Å². The van der Waals surface area contributed by atoms with E-state index in [0.29, 0.717) is 12.5 Å². The van der Waals surface area contributed by atoms with Crippen LogP contribution >= 0.6 is 0 Å². The molecule has 0 spiro atoms. The smallest absolute Gasteiger partial charge is 0.406 e. The highest BCUT2D eigenvalue weighted by Gasteiger charge is 2.31. The molecule has 2 heterocycles. The van der Waals surface area contributed by atoms with Crippen molar-refractivity contribution >= 4 is 5.82 Å². The fraction of sp³-hybridized carbons (Fsp3) is 0.474. The van der Waals surface area contributed by atoms with Gasteiger partial charge in [0.25, 0.3) is 0 Å². The number of hydrogen-bond donors (Lipinski definition) is 1. The van der Waals surface area contributed by atoms with Gasteiger partial charge >= 0.3 is 6.36 Å². The van der Waals surface area contributed by atoms with Gasteiger partial charge in [-0.15, -0.1) is 13.2 Å². The third-order valence-corrected chi connectivity index (χ3v) is 4.78. The molecular weight excluding hydrogens is 357 g/mol. The molecule has 1 aromatic heterocycles. The summed E-state index contributed by atoms with van der Waals surface area (Å²) < 4.78 is 41.1. The van der Waals surface area contributed by atoms with Crippen LogP contribution in [0.1, 0.15) is 36.6 Å². The highest BCUT2D eigenvalue weighted by Crippen LogP contribution is 2.38. The third kappa shape index (κ3) is 5.09. The van der Waals surface area contributed by atoms with Crippen LogP contribution in [0.3, 0.4) is 0 Å². The van der Waals surface area contributed by atoms with Gasteiger partial charge in [0.2, 0.25) is 0 Å². The maximum atomic E-state index is 12.4. The van der Waals surface area contributed by atoms with Crippen molar-refractivity contribution in [2.75, 3.05) is 18.4 Å². The second-order valence-electron chi connectivity index (χ2n) is 7.13. The van der Waals surface area contributed by atoms with Crippen LogP contribution in [0.2, 0.25) is 0 Å². The van der Waals surface area contributed by atoms with Gasteiger partial charge in [0.15, 0.2) is 0 Å². The summed E-state index contributed by atoms with van der Waals surface area (Å²) in [5, 5.41) is 3.46. The van der Waals surface area contributed by atoms with Crippen molar-refractivity contribution in [3.63, 3.8) is 0 Å². The number of ether oxygens (including phenoxy) is 1. The van der Waals surface area contributed by atoms with Crippen LogP contribution in [0.4, 0.5) is 19.0 Å². The third-order valence-electron chi connectivity index (χ3n) is 4.78. The summed E-state index contributed by atoms with van der Waals surface area (Å²) in [7, 11) is 0. The molecule has 0 amide bonds. The molecule has 2 aromatic rings. The highest BCUT2D eigenvalue weighted by molar-refractivity contribution is 5.36. The van der Waals surface area contributed by atoms with Gasteiger partial charge in [-0.2, -0.15) is 0 Å². The molecule has 1 atom stereocenters. The lowest BCUT2D eigenvalue weighted by Crippen LogP contribution is -2.26. The predicted molar refractivity (Wildman–Crippen MR) is 94.4 cm³/mol. The number of alkyl halides is 3. The molecule has 144 valence electrons. The van der Waals surface area contributed by atoms with Gasteiger partial charge in [-0.05, 0) is 43.0 Å². The minimum absolute atomic E-state index is 0.178. The average molecular weight is 378 g/mol. The number of hydrogen-bond acceptors (Lipinski definition) is 5. The van der Waals surface area contributed by atoms with Gasteiger partial charge in [0.05, 0.1) is 0 Å². The first kappa shape index (κ1) is 18.0. The maximum Gasteiger partial charge on any atom is 0.573 e. The number of anilines is 1. The molecule has 1 unspecified atom stereocenters. The molecule has 2 aliphatic rings. The van der Waals surface area contributed by atoms with Gasteiger partial charge in [-0.25, -0.2) is 9.97 Å². The Bertz CT molecular complexity index is 795. The zero-order valence-corrected chi connectivity index (χ0v) is 14.7. The molecule has 1 saturated heterocycles. The second kappa shape index (κ2) is 7.34. The number of rotatable bonds is 6. The SMILES string of the molecule is FC(F)(F)Oc1cccc(CN2CCC(Nc3ccnc(C4CC4)n3)C2)c1. The van der Waals surface area contributed by atoms with E-state index in [1.807, 2.05) is 12.1 Å². The standard InChI is InChI=1S/C19H21F3N4O/c20-19(21,22)27-16-3-1-2-13(10-16)11-26-9-7-15(12-26)24-17-6-8-23-18(25-17)14-4-5-14/h1-3,6,8,10,14-15H,4-5,7,9,11-12H2,(H,23,24,25). The fourth-order valence-electron chi connectivity index (χ4n) is 3.39. The summed E-state index contributed by atoms with van der Waals surface area (Å²) in [4.78, 5) is 11.1. The molecule has 0 bridgehead atoms. The number of likely N-dealkylation sites (tertiary alicyclic amines) is 1. The lowest BCUT2D eigenvalue weighted by atomic mass is 10.2. The molecule has 1 aliphatic heterocycles. The van der Waals surface area contributed by atoms with Crippen LogP contribution in [-0.2, 0) is 6.54 Å². The summed E-state index contributed by atoms with van der Waals surface area (Å²) >= 11 is 0. The highest BCUT2D eigenvalue weighted by atomic mass is 19.4. The lowest BCUT2D eigenvalue weighted by molar-refractivity contribution is -0.274. The van der Waals surface area contributed by atoms with Gasteiger partial charge < -0.3 is 10.1 Å². The zero-order chi connectivity index (χ0) is 18.9. The summed E-state index contributed by atoms with van der Waals surface area (Å²) in [5.41, 5.74) is 0.801. The quantitative estimate of drug-likeness (QED) is 0.825. The van der Waals surface area contributed by atoms with Crippen molar-refractivity contribution in [3.8, 4) is 5.75 Å². The summed E-state index contributed by atoms with van der Waals surface area (Å²) in [5.74, 6) is 2.09. The largest absolute Gasteiger partial charge is 0.573 e. The van der Waals surface area contributed by atoms with E-state index in [2.05, 4.69) is 24.9 Å². The number of nitrogens with zero attached hydrogens (tertiary/aromatic N) is 3. The van der Waals surface area contributed by atoms with Gasteiger partial charge in [-0.1, -0.05) is 12.1 Å². The first-order valence-corrected chi connectivity index (χ1v) is 9.11.